The van der Waals surface area contributed by atoms with Crippen LogP contribution in [0, 0.1) is 0 Å². The van der Waals surface area contributed by atoms with E-state index in [0.29, 0.717) is 0 Å². The third-order valence-electron chi connectivity index (χ3n) is 3.05. The fourth-order valence-corrected chi connectivity index (χ4v) is 1.96. The highest BCUT2D eigenvalue weighted by Gasteiger charge is 2.14. The zero-order valence-electron chi connectivity index (χ0n) is 11.0. The molecule has 0 radical (unpaired) electrons. The lowest BCUT2D eigenvalue weighted by Gasteiger charge is -2.16. The molecule has 4 nitrogen and oxygen atoms in total. The smallest absolute Gasteiger partial charge is 0.121 e. The van der Waals surface area contributed by atoms with Crippen LogP contribution >= 0.6 is 0 Å². The molecule has 0 aliphatic carbocycles. The number of benzene rings is 1. The number of anilines is 1. The minimum absolute atomic E-state index is 0.622. The molecule has 0 aliphatic rings. The molecule has 0 spiro atoms. The van der Waals surface area contributed by atoms with Crippen molar-refractivity contribution in [2.24, 2.45) is 0 Å². The number of aliphatic hydroxyl groups is 1. The van der Waals surface area contributed by atoms with Gasteiger partial charge in [0.15, 0.2) is 0 Å². The summed E-state index contributed by atoms with van der Waals surface area (Å²) in [5, 5.41) is 14.5. The van der Waals surface area contributed by atoms with Crippen LogP contribution in [0.25, 0.3) is 0 Å². The number of aryl methyl sites for hydroxylation is 1. The molecular weight excluding hydrogens is 226 g/mol. The van der Waals surface area contributed by atoms with Gasteiger partial charge in [0, 0.05) is 32.5 Å². The Labute approximate surface area is 107 Å². The van der Waals surface area contributed by atoms with Crippen molar-refractivity contribution >= 4 is 5.69 Å². The van der Waals surface area contributed by atoms with Crippen molar-refractivity contribution in [3.63, 3.8) is 0 Å². The molecule has 1 aromatic carbocycles. The Morgan fingerprint density at radius 1 is 1.22 bits per heavy atom. The SMILES string of the molecule is CCn1nccc1C(O)c1ccc(N(C)C)cc1. The van der Waals surface area contributed by atoms with Gasteiger partial charge in [-0.05, 0) is 30.7 Å². The highest BCUT2D eigenvalue weighted by atomic mass is 16.3. The molecule has 18 heavy (non-hydrogen) atoms. The average molecular weight is 245 g/mol. The molecule has 1 atom stereocenters. The summed E-state index contributed by atoms with van der Waals surface area (Å²) in [6, 6.07) is 9.77. The van der Waals surface area contributed by atoms with E-state index in [1.54, 1.807) is 6.20 Å². The fraction of sp³-hybridized carbons (Fsp3) is 0.357. The lowest BCUT2D eigenvalue weighted by Crippen LogP contribution is -2.10. The zero-order chi connectivity index (χ0) is 13.1. The number of nitrogens with zero attached hydrogens (tertiary/aromatic N) is 3. The van der Waals surface area contributed by atoms with Crippen molar-refractivity contribution in [1.82, 2.24) is 9.78 Å². The van der Waals surface area contributed by atoms with E-state index in [2.05, 4.69) is 5.10 Å². The van der Waals surface area contributed by atoms with Crippen molar-refractivity contribution in [1.29, 1.82) is 0 Å². The number of aliphatic hydroxyl groups excluding tert-OH is 1. The number of hydrogen-bond donors (Lipinski definition) is 1. The van der Waals surface area contributed by atoms with E-state index in [1.807, 2.05) is 60.9 Å². The summed E-state index contributed by atoms with van der Waals surface area (Å²) < 4.78 is 1.81. The molecule has 0 fully saturated rings. The van der Waals surface area contributed by atoms with Crippen LogP contribution in [0.15, 0.2) is 36.5 Å². The summed E-state index contributed by atoms with van der Waals surface area (Å²) in [4.78, 5) is 2.03. The molecule has 0 saturated carbocycles. The van der Waals surface area contributed by atoms with Gasteiger partial charge in [0.25, 0.3) is 0 Å². The van der Waals surface area contributed by atoms with Gasteiger partial charge in [-0.1, -0.05) is 12.1 Å². The van der Waals surface area contributed by atoms with Gasteiger partial charge in [-0.25, -0.2) is 0 Å². The van der Waals surface area contributed by atoms with E-state index in [1.165, 1.54) is 0 Å². The third-order valence-corrected chi connectivity index (χ3v) is 3.05. The Kier molecular flexibility index (Phi) is 3.67. The average Bonchev–Trinajstić information content (AvgIpc) is 2.86. The second-order valence-corrected chi connectivity index (χ2v) is 4.46. The molecule has 1 heterocycles. The Bertz CT molecular complexity index is 502. The lowest BCUT2D eigenvalue weighted by molar-refractivity contribution is 0.208. The Morgan fingerprint density at radius 2 is 1.89 bits per heavy atom. The van der Waals surface area contributed by atoms with Crippen molar-refractivity contribution in [2.45, 2.75) is 19.6 Å². The quantitative estimate of drug-likeness (QED) is 0.896. The van der Waals surface area contributed by atoms with E-state index in [0.717, 1.165) is 23.5 Å². The molecule has 0 bridgehead atoms. The standard InChI is InChI=1S/C14H19N3O/c1-4-17-13(9-10-15-17)14(18)11-5-7-12(8-6-11)16(2)3/h5-10,14,18H,4H2,1-3H3. The first-order chi connectivity index (χ1) is 8.63. The summed E-state index contributed by atoms with van der Waals surface area (Å²) in [5.41, 5.74) is 2.83. The Morgan fingerprint density at radius 3 is 2.44 bits per heavy atom. The summed E-state index contributed by atoms with van der Waals surface area (Å²) in [6.45, 7) is 2.77. The van der Waals surface area contributed by atoms with Crippen molar-refractivity contribution in [3.8, 4) is 0 Å². The Balaban J connectivity index is 2.26. The van der Waals surface area contributed by atoms with E-state index in [9.17, 15) is 5.11 Å². The largest absolute Gasteiger partial charge is 0.382 e. The van der Waals surface area contributed by atoms with Crippen molar-refractivity contribution in [2.75, 3.05) is 19.0 Å². The predicted molar refractivity (Wildman–Crippen MR) is 72.7 cm³/mol. The van der Waals surface area contributed by atoms with Gasteiger partial charge in [-0.2, -0.15) is 5.10 Å². The van der Waals surface area contributed by atoms with Gasteiger partial charge in [0.1, 0.15) is 6.10 Å². The maximum Gasteiger partial charge on any atom is 0.121 e. The predicted octanol–water partition coefficient (Wildman–Crippen LogP) is 2.05. The minimum atomic E-state index is -0.622. The summed E-state index contributed by atoms with van der Waals surface area (Å²) in [7, 11) is 4.00. The second-order valence-electron chi connectivity index (χ2n) is 4.46. The van der Waals surface area contributed by atoms with Crippen LogP contribution in [-0.4, -0.2) is 29.0 Å². The third kappa shape index (κ3) is 2.38. The van der Waals surface area contributed by atoms with E-state index in [-0.39, 0.29) is 0 Å². The number of hydrogen-bond acceptors (Lipinski definition) is 3. The van der Waals surface area contributed by atoms with Crippen molar-refractivity contribution < 1.29 is 5.11 Å². The summed E-state index contributed by atoms with van der Waals surface area (Å²) >= 11 is 0. The Hall–Kier alpha value is -1.81. The number of rotatable bonds is 4. The molecule has 1 unspecified atom stereocenters. The van der Waals surface area contributed by atoms with Gasteiger partial charge < -0.3 is 10.0 Å². The van der Waals surface area contributed by atoms with Crippen LogP contribution in [-0.2, 0) is 6.54 Å². The van der Waals surface area contributed by atoms with Crippen LogP contribution in [0.2, 0.25) is 0 Å². The van der Waals surface area contributed by atoms with Crippen LogP contribution in [0.3, 0.4) is 0 Å². The van der Waals surface area contributed by atoms with Gasteiger partial charge in [-0.15, -0.1) is 0 Å². The van der Waals surface area contributed by atoms with Crippen LogP contribution < -0.4 is 4.90 Å². The van der Waals surface area contributed by atoms with E-state index in [4.69, 9.17) is 0 Å². The van der Waals surface area contributed by atoms with E-state index < -0.39 is 6.10 Å². The molecule has 0 saturated heterocycles. The van der Waals surface area contributed by atoms with Crippen LogP contribution in [0.1, 0.15) is 24.3 Å². The van der Waals surface area contributed by atoms with Crippen molar-refractivity contribution in [3.05, 3.63) is 47.8 Å². The molecule has 96 valence electrons. The van der Waals surface area contributed by atoms with Gasteiger partial charge in [-0.3, -0.25) is 4.68 Å². The molecular formula is C14H19N3O. The first kappa shape index (κ1) is 12.6. The molecule has 4 heteroatoms. The molecule has 2 aromatic rings. The molecule has 1 aromatic heterocycles. The highest BCUT2D eigenvalue weighted by molar-refractivity contribution is 5.47. The second kappa shape index (κ2) is 5.23. The fourth-order valence-electron chi connectivity index (χ4n) is 1.96. The van der Waals surface area contributed by atoms with Crippen LogP contribution in [0.4, 0.5) is 5.69 Å². The lowest BCUT2D eigenvalue weighted by atomic mass is 10.1. The zero-order valence-corrected chi connectivity index (χ0v) is 11.0. The number of aromatic nitrogens is 2. The summed E-state index contributed by atoms with van der Waals surface area (Å²) in [5.74, 6) is 0. The van der Waals surface area contributed by atoms with E-state index >= 15 is 0 Å². The first-order valence-corrected chi connectivity index (χ1v) is 6.10. The first-order valence-electron chi connectivity index (χ1n) is 6.10. The molecule has 1 N–H and O–H groups in total. The molecule has 0 amide bonds. The maximum absolute atomic E-state index is 10.3. The molecule has 0 aliphatic heterocycles. The monoisotopic (exact) mass is 245 g/mol. The van der Waals surface area contributed by atoms with Gasteiger partial charge in [0.05, 0.1) is 5.69 Å². The topological polar surface area (TPSA) is 41.3 Å². The van der Waals surface area contributed by atoms with Gasteiger partial charge in [0.2, 0.25) is 0 Å². The molecule has 2 rings (SSSR count). The summed E-state index contributed by atoms with van der Waals surface area (Å²) in [6.07, 6.45) is 1.10. The van der Waals surface area contributed by atoms with Crippen LogP contribution in [0.5, 0.6) is 0 Å². The minimum Gasteiger partial charge on any atom is -0.382 e. The highest BCUT2D eigenvalue weighted by Crippen LogP contribution is 2.23. The normalized spacial score (nSPS) is 12.4. The maximum atomic E-state index is 10.3. The van der Waals surface area contributed by atoms with Gasteiger partial charge >= 0.3 is 0 Å².